The summed E-state index contributed by atoms with van der Waals surface area (Å²) in [5.41, 5.74) is 0.664. The average molecular weight is 313 g/mol. The van der Waals surface area contributed by atoms with Gasteiger partial charge in [0.25, 0.3) is 0 Å². The van der Waals surface area contributed by atoms with E-state index >= 15 is 0 Å². The number of aliphatic hydroxyl groups excluding tert-OH is 2. The highest BCUT2D eigenvalue weighted by Gasteiger charge is 2.16. The van der Waals surface area contributed by atoms with E-state index in [1.165, 1.54) is 6.07 Å². The van der Waals surface area contributed by atoms with Crippen LogP contribution in [0.15, 0.2) is 12.1 Å². The number of halogens is 2. The van der Waals surface area contributed by atoms with E-state index in [0.29, 0.717) is 12.1 Å². The maximum absolute atomic E-state index is 9.80. The maximum atomic E-state index is 9.80. The number of aromatic hydroxyl groups is 1. The van der Waals surface area contributed by atoms with E-state index in [0.717, 1.165) is 0 Å². The molecule has 0 bridgehead atoms. The number of rotatable bonds is 4. The zero-order valence-electron chi connectivity index (χ0n) is 11.3. The van der Waals surface area contributed by atoms with Crippen LogP contribution in [0.3, 0.4) is 0 Å². The lowest BCUT2D eigenvalue weighted by Gasteiger charge is -2.24. The van der Waals surface area contributed by atoms with Crippen molar-refractivity contribution in [2.75, 3.05) is 0 Å². The molecular weight excluding hydrogens is 291 g/mol. The Balaban J connectivity index is 0. The van der Waals surface area contributed by atoms with E-state index in [1.807, 2.05) is 20.8 Å². The van der Waals surface area contributed by atoms with Gasteiger partial charge in [0, 0.05) is 17.7 Å². The van der Waals surface area contributed by atoms with E-state index in [9.17, 15) is 10.2 Å². The van der Waals surface area contributed by atoms with E-state index < -0.39 is 6.23 Å². The third-order valence-corrected chi connectivity index (χ3v) is 2.16. The molecule has 1 aromatic heterocycles. The Morgan fingerprint density at radius 2 is 1.84 bits per heavy atom. The molecule has 7 heteroatoms. The molecule has 0 fully saturated rings. The van der Waals surface area contributed by atoms with Crippen LogP contribution >= 0.6 is 24.8 Å². The number of pyridine rings is 1. The zero-order chi connectivity index (χ0) is 13.1. The van der Waals surface area contributed by atoms with Crippen LogP contribution in [-0.4, -0.2) is 32.1 Å². The van der Waals surface area contributed by atoms with Crippen molar-refractivity contribution < 1.29 is 15.3 Å². The third kappa shape index (κ3) is 7.54. The summed E-state index contributed by atoms with van der Waals surface area (Å²) in [6, 6.07) is 3.10. The van der Waals surface area contributed by atoms with Crippen LogP contribution in [0.4, 0.5) is 0 Å². The number of hydrogen-bond donors (Lipinski definition) is 4. The molecule has 112 valence electrons. The van der Waals surface area contributed by atoms with Crippen LogP contribution in [-0.2, 0) is 13.0 Å². The monoisotopic (exact) mass is 312 g/mol. The minimum atomic E-state index is -0.710. The van der Waals surface area contributed by atoms with Gasteiger partial charge in [0.2, 0.25) is 0 Å². The van der Waals surface area contributed by atoms with Gasteiger partial charge in [-0.15, -0.1) is 24.8 Å². The normalized spacial score (nSPS) is 12.3. The Morgan fingerprint density at radius 1 is 1.26 bits per heavy atom. The van der Waals surface area contributed by atoms with Gasteiger partial charge in [-0.25, -0.2) is 0 Å². The quantitative estimate of drug-likeness (QED) is 0.631. The lowest BCUT2D eigenvalue weighted by Crippen LogP contribution is -2.44. The molecule has 4 N–H and O–H groups in total. The molecular formula is C12H22Cl2N2O3. The molecule has 0 radical (unpaired) electrons. The summed E-state index contributed by atoms with van der Waals surface area (Å²) in [5, 5.41) is 31.1. The van der Waals surface area contributed by atoms with Crippen molar-refractivity contribution in [1.29, 1.82) is 0 Å². The second-order valence-electron chi connectivity index (χ2n) is 5.04. The van der Waals surface area contributed by atoms with Crippen molar-refractivity contribution in [2.24, 2.45) is 0 Å². The van der Waals surface area contributed by atoms with Crippen LogP contribution in [0, 0.1) is 0 Å². The molecule has 1 atom stereocenters. The van der Waals surface area contributed by atoms with Crippen LogP contribution in [0.2, 0.25) is 0 Å². The van der Waals surface area contributed by atoms with Crippen molar-refractivity contribution in [3.05, 3.63) is 23.5 Å². The Bertz CT molecular complexity index is 384. The average Bonchev–Trinajstić information content (AvgIpc) is 2.18. The van der Waals surface area contributed by atoms with Crippen molar-refractivity contribution in [1.82, 2.24) is 10.3 Å². The third-order valence-electron chi connectivity index (χ3n) is 2.16. The van der Waals surface area contributed by atoms with E-state index in [4.69, 9.17) is 5.11 Å². The molecule has 0 amide bonds. The lowest BCUT2D eigenvalue weighted by molar-refractivity contribution is 0.105. The molecule has 19 heavy (non-hydrogen) atoms. The first-order valence-electron chi connectivity index (χ1n) is 5.56. The minimum Gasteiger partial charge on any atom is -0.506 e. The second kappa shape index (κ2) is 8.55. The minimum absolute atomic E-state index is 0. The number of hydrogen-bond acceptors (Lipinski definition) is 5. The molecule has 1 unspecified atom stereocenters. The molecule has 0 aromatic carbocycles. The zero-order valence-corrected chi connectivity index (χ0v) is 12.9. The summed E-state index contributed by atoms with van der Waals surface area (Å²) in [5.74, 6) is -0.0329. The van der Waals surface area contributed by atoms with Gasteiger partial charge in [-0.05, 0) is 32.9 Å². The summed E-state index contributed by atoms with van der Waals surface area (Å²) < 4.78 is 0. The van der Waals surface area contributed by atoms with Gasteiger partial charge in [-0.3, -0.25) is 10.3 Å². The van der Waals surface area contributed by atoms with E-state index in [2.05, 4.69) is 10.3 Å². The molecule has 0 saturated carbocycles. The Labute approximate surface area is 125 Å². The summed E-state index contributed by atoms with van der Waals surface area (Å²) in [7, 11) is 0. The fraction of sp³-hybridized carbons (Fsp3) is 0.583. The highest BCUT2D eigenvalue weighted by Crippen LogP contribution is 2.15. The highest BCUT2D eigenvalue weighted by atomic mass is 35.5. The van der Waals surface area contributed by atoms with Crippen molar-refractivity contribution in [3.8, 4) is 5.75 Å². The molecule has 0 saturated heterocycles. The van der Waals surface area contributed by atoms with Gasteiger partial charge < -0.3 is 15.3 Å². The second-order valence-corrected chi connectivity index (χ2v) is 5.04. The smallest absolute Gasteiger partial charge is 0.139 e. The molecule has 1 aromatic rings. The van der Waals surface area contributed by atoms with Crippen molar-refractivity contribution in [2.45, 2.75) is 45.6 Å². The summed E-state index contributed by atoms with van der Waals surface area (Å²) >= 11 is 0. The fourth-order valence-electron chi connectivity index (χ4n) is 1.52. The maximum Gasteiger partial charge on any atom is 0.139 e. The number of aromatic nitrogens is 1. The summed E-state index contributed by atoms with van der Waals surface area (Å²) in [4.78, 5) is 4.06. The van der Waals surface area contributed by atoms with E-state index in [-0.39, 0.29) is 48.4 Å². The molecule has 0 spiro atoms. The van der Waals surface area contributed by atoms with E-state index in [1.54, 1.807) is 6.07 Å². The predicted molar refractivity (Wildman–Crippen MR) is 78.9 cm³/mol. The van der Waals surface area contributed by atoms with Gasteiger partial charge in [0.15, 0.2) is 0 Å². The molecule has 5 nitrogen and oxygen atoms in total. The summed E-state index contributed by atoms with van der Waals surface area (Å²) in [6.45, 7) is 5.56. The topological polar surface area (TPSA) is 85.6 Å². The van der Waals surface area contributed by atoms with Crippen LogP contribution in [0.5, 0.6) is 5.75 Å². The largest absolute Gasteiger partial charge is 0.506 e. The van der Waals surface area contributed by atoms with Gasteiger partial charge >= 0.3 is 0 Å². The number of nitrogens with zero attached hydrogens (tertiary/aromatic N) is 1. The molecule has 0 aliphatic rings. The molecule has 1 rings (SSSR count). The number of aliphatic hydroxyl groups is 2. The molecule has 0 aliphatic heterocycles. The van der Waals surface area contributed by atoms with Gasteiger partial charge in [-0.1, -0.05) is 0 Å². The van der Waals surface area contributed by atoms with Crippen LogP contribution in [0.25, 0.3) is 0 Å². The van der Waals surface area contributed by atoms with Gasteiger partial charge in [0.1, 0.15) is 17.7 Å². The lowest BCUT2D eigenvalue weighted by atomic mass is 10.1. The molecule has 1 heterocycles. The Kier molecular flexibility index (Phi) is 9.33. The first-order chi connectivity index (χ1) is 7.81. The Hall–Kier alpha value is -0.590. The predicted octanol–water partition coefficient (Wildman–Crippen LogP) is 1.37. The number of nitrogens with one attached hydrogen (secondary N) is 1. The SMILES string of the molecule is CC(C)(C)NC(O)Cc1ccc(O)c(CO)n1.Cl.Cl. The van der Waals surface area contributed by atoms with Gasteiger partial charge in [0.05, 0.1) is 6.61 Å². The van der Waals surface area contributed by atoms with Crippen molar-refractivity contribution in [3.63, 3.8) is 0 Å². The highest BCUT2D eigenvalue weighted by molar-refractivity contribution is 5.85. The fourth-order valence-corrected chi connectivity index (χ4v) is 1.52. The first-order valence-corrected chi connectivity index (χ1v) is 5.56. The van der Waals surface area contributed by atoms with Crippen LogP contribution in [0.1, 0.15) is 32.2 Å². The van der Waals surface area contributed by atoms with Crippen molar-refractivity contribution >= 4 is 24.8 Å². The van der Waals surface area contributed by atoms with Gasteiger partial charge in [-0.2, -0.15) is 0 Å². The standard InChI is InChI=1S/C12H20N2O3.2ClH/c1-12(2,3)14-11(17)6-8-4-5-10(16)9(7-15)13-8;;/h4-5,11,14-17H,6-7H2,1-3H3;2*1H. The Morgan fingerprint density at radius 3 is 2.32 bits per heavy atom. The first kappa shape index (κ1) is 20.7. The molecule has 0 aliphatic carbocycles. The van der Waals surface area contributed by atoms with Crippen LogP contribution < -0.4 is 5.32 Å². The summed E-state index contributed by atoms with van der Waals surface area (Å²) in [6.07, 6.45) is -0.386.